The van der Waals surface area contributed by atoms with E-state index in [-0.39, 0.29) is 5.65 Å². The van der Waals surface area contributed by atoms with Crippen molar-refractivity contribution in [3.05, 3.63) is 32.0 Å². The van der Waals surface area contributed by atoms with Gasteiger partial charge >= 0.3 is 0 Å². The van der Waals surface area contributed by atoms with E-state index in [0.717, 1.165) is 3.57 Å². The maximum atomic E-state index is 11.5. The number of nitrogens with zero attached hydrogens (tertiary/aromatic N) is 3. The molecule has 0 saturated carbocycles. The van der Waals surface area contributed by atoms with Gasteiger partial charge in [0, 0.05) is 15.3 Å². The standard InChI is InChI=1S/C8H6IN3O2/c1-4-6(9)5-2-10-3-11-7(5)12(14)8(4)13/h2-3,14H,1H3. The highest BCUT2D eigenvalue weighted by molar-refractivity contribution is 14.1. The Morgan fingerprint density at radius 3 is 3.00 bits per heavy atom. The van der Waals surface area contributed by atoms with Crippen LogP contribution in [-0.4, -0.2) is 19.9 Å². The Labute approximate surface area is 92.5 Å². The van der Waals surface area contributed by atoms with Crippen LogP contribution in [0.2, 0.25) is 0 Å². The minimum Gasteiger partial charge on any atom is -0.423 e. The van der Waals surface area contributed by atoms with Crippen LogP contribution in [0.4, 0.5) is 0 Å². The largest absolute Gasteiger partial charge is 0.423 e. The van der Waals surface area contributed by atoms with E-state index in [1.54, 1.807) is 13.1 Å². The summed E-state index contributed by atoms with van der Waals surface area (Å²) in [5, 5.41) is 10.1. The average Bonchev–Trinajstić information content (AvgIpc) is 2.23. The summed E-state index contributed by atoms with van der Waals surface area (Å²) in [5.74, 6) is 0. The van der Waals surface area contributed by atoms with Crippen LogP contribution in [0.1, 0.15) is 5.56 Å². The van der Waals surface area contributed by atoms with E-state index < -0.39 is 5.56 Å². The molecule has 14 heavy (non-hydrogen) atoms. The monoisotopic (exact) mass is 303 g/mol. The summed E-state index contributed by atoms with van der Waals surface area (Å²) >= 11 is 2.04. The molecule has 0 amide bonds. The lowest BCUT2D eigenvalue weighted by Crippen LogP contribution is -2.22. The molecule has 2 rings (SSSR count). The molecule has 0 aliphatic carbocycles. The van der Waals surface area contributed by atoms with E-state index in [0.29, 0.717) is 15.7 Å². The van der Waals surface area contributed by atoms with Gasteiger partial charge in [0.2, 0.25) is 0 Å². The topological polar surface area (TPSA) is 68.0 Å². The van der Waals surface area contributed by atoms with Crippen molar-refractivity contribution in [1.29, 1.82) is 0 Å². The summed E-state index contributed by atoms with van der Waals surface area (Å²) in [4.78, 5) is 19.1. The highest BCUT2D eigenvalue weighted by atomic mass is 127. The fraction of sp³-hybridized carbons (Fsp3) is 0.125. The van der Waals surface area contributed by atoms with Gasteiger partial charge in [0.05, 0.1) is 5.39 Å². The van der Waals surface area contributed by atoms with Gasteiger partial charge < -0.3 is 5.21 Å². The summed E-state index contributed by atoms with van der Waals surface area (Å²) in [6.07, 6.45) is 2.86. The number of halogens is 1. The first-order valence-corrected chi connectivity index (χ1v) is 4.91. The molecule has 0 aromatic carbocycles. The summed E-state index contributed by atoms with van der Waals surface area (Å²) in [7, 11) is 0. The van der Waals surface area contributed by atoms with E-state index in [2.05, 4.69) is 9.97 Å². The Bertz CT molecular complexity index is 564. The summed E-state index contributed by atoms with van der Waals surface area (Å²) < 4.78 is 1.32. The molecule has 0 bridgehead atoms. The minimum atomic E-state index is -0.444. The Hall–Kier alpha value is -1.18. The average molecular weight is 303 g/mol. The molecule has 0 saturated heterocycles. The third-order valence-corrected chi connectivity index (χ3v) is 3.36. The van der Waals surface area contributed by atoms with Crippen molar-refractivity contribution in [2.24, 2.45) is 0 Å². The summed E-state index contributed by atoms with van der Waals surface area (Å²) in [5.41, 5.74) is 0.288. The van der Waals surface area contributed by atoms with Gasteiger partial charge in [-0.05, 0) is 29.5 Å². The number of rotatable bonds is 0. The van der Waals surface area contributed by atoms with Gasteiger partial charge in [0.1, 0.15) is 6.33 Å². The first-order chi connectivity index (χ1) is 6.63. The van der Waals surface area contributed by atoms with E-state index in [1.165, 1.54) is 6.33 Å². The van der Waals surface area contributed by atoms with Gasteiger partial charge in [0.25, 0.3) is 5.56 Å². The Morgan fingerprint density at radius 2 is 2.29 bits per heavy atom. The lowest BCUT2D eigenvalue weighted by Gasteiger charge is -2.05. The van der Waals surface area contributed by atoms with Gasteiger partial charge in [-0.2, -0.15) is 0 Å². The third-order valence-electron chi connectivity index (χ3n) is 1.97. The highest BCUT2D eigenvalue weighted by Crippen LogP contribution is 2.17. The first kappa shape index (κ1) is 9.38. The molecular weight excluding hydrogens is 297 g/mol. The van der Waals surface area contributed by atoms with Crippen molar-refractivity contribution in [3.63, 3.8) is 0 Å². The van der Waals surface area contributed by atoms with E-state index in [4.69, 9.17) is 0 Å². The Kier molecular flexibility index (Phi) is 2.14. The number of hydrogen-bond donors (Lipinski definition) is 1. The van der Waals surface area contributed by atoms with E-state index >= 15 is 0 Å². The van der Waals surface area contributed by atoms with Crippen LogP contribution in [0.3, 0.4) is 0 Å². The van der Waals surface area contributed by atoms with Crippen molar-refractivity contribution < 1.29 is 5.21 Å². The molecule has 0 aliphatic heterocycles. The summed E-state index contributed by atoms with van der Waals surface area (Å²) in [6, 6.07) is 0. The van der Waals surface area contributed by atoms with E-state index in [9.17, 15) is 10.0 Å². The SMILES string of the molecule is Cc1c(I)c2cncnc2n(O)c1=O. The van der Waals surface area contributed by atoms with Gasteiger partial charge in [-0.15, -0.1) is 4.73 Å². The second kappa shape index (κ2) is 3.19. The highest BCUT2D eigenvalue weighted by Gasteiger charge is 2.11. The molecule has 0 radical (unpaired) electrons. The second-order valence-corrected chi connectivity index (χ2v) is 3.89. The van der Waals surface area contributed by atoms with Gasteiger partial charge in [-0.25, -0.2) is 9.97 Å². The van der Waals surface area contributed by atoms with Crippen molar-refractivity contribution in [2.75, 3.05) is 0 Å². The molecule has 1 N–H and O–H groups in total. The molecule has 2 aromatic heterocycles. The predicted octanol–water partition coefficient (Wildman–Crippen LogP) is 0.942. The molecule has 0 unspecified atom stereocenters. The smallest absolute Gasteiger partial charge is 0.288 e. The Morgan fingerprint density at radius 1 is 1.57 bits per heavy atom. The van der Waals surface area contributed by atoms with Gasteiger partial charge in [0.15, 0.2) is 5.65 Å². The van der Waals surface area contributed by atoms with Crippen molar-refractivity contribution in [2.45, 2.75) is 6.92 Å². The zero-order valence-corrected chi connectivity index (χ0v) is 9.39. The van der Waals surface area contributed by atoms with Gasteiger partial charge in [-0.1, -0.05) is 0 Å². The molecular formula is C8H6IN3O2. The molecule has 2 aromatic rings. The van der Waals surface area contributed by atoms with Crippen LogP contribution in [0, 0.1) is 10.5 Å². The zero-order chi connectivity index (χ0) is 10.3. The quantitative estimate of drug-likeness (QED) is 0.581. The van der Waals surface area contributed by atoms with Gasteiger partial charge in [-0.3, -0.25) is 4.79 Å². The molecule has 2 heterocycles. The van der Waals surface area contributed by atoms with Crippen LogP contribution in [0.5, 0.6) is 0 Å². The first-order valence-electron chi connectivity index (χ1n) is 3.83. The number of fused-ring (bicyclic) bond motifs is 1. The van der Waals surface area contributed by atoms with Crippen LogP contribution in [0.25, 0.3) is 11.0 Å². The fourth-order valence-corrected chi connectivity index (χ4v) is 1.81. The molecule has 0 aliphatic rings. The van der Waals surface area contributed by atoms with Crippen molar-refractivity contribution in [1.82, 2.24) is 14.7 Å². The lowest BCUT2D eigenvalue weighted by molar-refractivity contribution is 0.185. The molecule has 5 nitrogen and oxygen atoms in total. The normalized spacial score (nSPS) is 10.7. The zero-order valence-electron chi connectivity index (χ0n) is 7.23. The molecule has 6 heteroatoms. The van der Waals surface area contributed by atoms with Crippen LogP contribution >= 0.6 is 22.6 Å². The van der Waals surface area contributed by atoms with E-state index in [1.807, 2.05) is 22.6 Å². The number of hydrogen-bond acceptors (Lipinski definition) is 4. The number of aromatic nitrogens is 3. The maximum Gasteiger partial charge on any atom is 0.288 e. The third kappa shape index (κ3) is 1.17. The van der Waals surface area contributed by atoms with Crippen LogP contribution in [0.15, 0.2) is 17.3 Å². The number of pyridine rings is 1. The molecule has 0 spiro atoms. The van der Waals surface area contributed by atoms with Crippen LogP contribution in [-0.2, 0) is 0 Å². The Balaban J connectivity index is 3.10. The maximum absolute atomic E-state index is 11.5. The second-order valence-electron chi connectivity index (χ2n) is 2.82. The lowest BCUT2D eigenvalue weighted by atomic mass is 10.2. The molecule has 0 atom stereocenters. The fourth-order valence-electron chi connectivity index (χ4n) is 1.20. The van der Waals surface area contributed by atoms with Crippen molar-refractivity contribution in [3.8, 4) is 0 Å². The van der Waals surface area contributed by atoms with Crippen molar-refractivity contribution >= 4 is 33.6 Å². The summed E-state index contributed by atoms with van der Waals surface area (Å²) in [6.45, 7) is 1.66. The minimum absolute atomic E-state index is 0.236. The molecule has 0 fully saturated rings. The van der Waals surface area contributed by atoms with Crippen LogP contribution < -0.4 is 5.56 Å². The molecule has 72 valence electrons. The predicted molar refractivity (Wildman–Crippen MR) is 58.4 cm³/mol.